The highest BCUT2D eigenvalue weighted by molar-refractivity contribution is 9.11. The number of thiophene rings is 1. The number of hydrogen-bond donors (Lipinski definition) is 1. The Morgan fingerprint density at radius 3 is 2.80 bits per heavy atom. The van der Waals surface area contributed by atoms with E-state index in [0.29, 0.717) is 17.4 Å². The van der Waals surface area contributed by atoms with Gasteiger partial charge in [0.1, 0.15) is 0 Å². The number of halogens is 1. The molecule has 15 heavy (non-hydrogen) atoms. The molecule has 2 rings (SSSR count). The quantitative estimate of drug-likeness (QED) is 0.851. The molecule has 0 spiro atoms. The fourth-order valence-electron chi connectivity index (χ4n) is 2.22. The van der Waals surface area contributed by atoms with Crippen molar-refractivity contribution in [2.24, 2.45) is 5.92 Å². The van der Waals surface area contributed by atoms with E-state index >= 15 is 0 Å². The van der Waals surface area contributed by atoms with E-state index in [2.05, 4.69) is 29.8 Å². The first-order valence-electron chi connectivity index (χ1n) is 5.06. The lowest BCUT2D eigenvalue weighted by Crippen LogP contribution is -2.16. The van der Waals surface area contributed by atoms with Gasteiger partial charge in [-0.15, -0.1) is 11.3 Å². The number of carbonyl (C=O) groups is 1. The molecule has 0 bridgehead atoms. The van der Waals surface area contributed by atoms with E-state index in [0.717, 1.165) is 15.8 Å². The standard InChI is InChI=1S/C11H13BrO2S/c1-5-3-4-7-8(6(5)2)9(11(13)14)10(12)15-7/h5-6H,3-4H2,1-2H3,(H,13,14). The van der Waals surface area contributed by atoms with Crippen LogP contribution in [0.4, 0.5) is 0 Å². The van der Waals surface area contributed by atoms with E-state index in [9.17, 15) is 9.90 Å². The van der Waals surface area contributed by atoms with E-state index < -0.39 is 5.97 Å². The predicted molar refractivity (Wildman–Crippen MR) is 64.9 cm³/mol. The topological polar surface area (TPSA) is 37.3 Å². The molecule has 82 valence electrons. The minimum atomic E-state index is -0.805. The normalized spacial score (nSPS) is 25.0. The molecule has 1 aliphatic carbocycles. The zero-order chi connectivity index (χ0) is 11.2. The molecule has 0 amide bonds. The summed E-state index contributed by atoms with van der Waals surface area (Å²) < 4.78 is 0.779. The molecule has 1 aromatic heterocycles. The van der Waals surface area contributed by atoms with Gasteiger partial charge in [0.25, 0.3) is 0 Å². The van der Waals surface area contributed by atoms with Crippen LogP contribution in [-0.4, -0.2) is 11.1 Å². The average Bonchev–Trinajstić information content (AvgIpc) is 2.49. The lowest BCUT2D eigenvalue weighted by atomic mass is 9.79. The minimum absolute atomic E-state index is 0.363. The average molecular weight is 289 g/mol. The zero-order valence-corrected chi connectivity index (χ0v) is 11.1. The van der Waals surface area contributed by atoms with E-state index in [1.807, 2.05) is 0 Å². The lowest BCUT2D eigenvalue weighted by molar-refractivity contribution is 0.0694. The highest BCUT2D eigenvalue weighted by Gasteiger charge is 2.31. The van der Waals surface area contributed by atoms with Gasteiger partial charge in [-0.3, -0.25) is 0 Å². The van der Waals surface area contributed by atoms with Crippen LogP contribution in [0.2, 0.25) is 0 Å². The van der Waals surface area contributed by atoms with E-state index in [-0.39, 0.29) is 0 Å². The fraction of sp³-hybridized carbons (Fsp3) is 0.545. The van der Waals surface area contributed by atoms with Gasteiger partial charge < -0.3 is 5.11 Å². The molecule has 1 N–H and O–H groups in total. The Bertz CT molecular complexity index is 411. The Hall–Kier alpha value is -0.350. The van der Waals surface area contributed by atoms with Gasteiger partial charge in [-0.25, -0.2) is 4.79 Å². The summed E-state index contributed by atoms with van der Waals surface area (Å²) >= 11 is 4.95. The Labute approximate surface area is 101 Å². The zero-order valence-electron chi connectivity index (χ0n) is 8.71. The largest absolute Gasteiger partial charge is 0.478 e. The van der Waals surface area contributed by atoms with Crippen LogP contribution >= 0.6 is 27.3 Å². The van der Waals surface area contributed by atoms with Crippen LogP contribution in [0, 0.1) is 5.92 Å². The Balaban J connectivity index is 2.58. The molecule has 0 fully saturated rings. The summed E-state index contributed by atoms with van der Waals surface area (Å²) in [6.45, 7) is 4.33. The molecule has 0 radical (unpaired) electrons. The second-order valence-corrected chi connectivity index (χ2v) is 6.62. The summed E-state index contributed by atoms with van der Waals surface area (Å²) in [6, 6.07) is 0. The number of hydrogen-bond acceptors (Lipinski definition) is 2. The Morgan fingerprint density at radius 1 is 1.53 bits per heavy atom. The number of aromatic carboxylic acids is 1. The van der Waals surface area contributed by atoms with Gasteiger partial charge in [-0.1, -0.05) is 13.8 Å². The van der Waals surface area contributed by atoms with Crippen LogP contribution in [0.3, 0.4) is 0 Å². The highest BCUT2D eigenvalue weighted by atomic mass is 79.9. The van der Waals surface area contributed by atoms with Crippen molar-refractivity contribution in [2.75, 3.05) is 0 Å². The van der Waals surface area contributed by atoms with Crippen molar-refractivity contribution in [3.05, 3.63) is 19.8 Å². The molecule has 2 nitrogen and oxygen atoms in total. The molecular formula is C11H13BrO2S. The SMILES string of the molecule is CC1CCc2sc(Br)c(C(=O)O)c2C1C. The number of carboxylic acids is 1. The molecule has 0 aromatic carbocycles. The van der Waals surface area contributed by atoms with Crippen LogP contribution in [0.1, 0.15) is 47.0 Å². The molecule has 0 saturated heterocycles. The maximum atomic E-state index is 11.2. The van der Waals surface area contributed by atoms with Crippen LogP contribution in [0.5, 0.6) is 0 Å². The summed E-state index contributed by atoms with van der Waals surface area (Å²) in [6.07, 6.45) is 2.19. The van der Waals surface area contributed by atoms with Gasteiger partial charge in [0, 0.05) is 4.88 Å². The molecule has 0 saturated carbocycles. The van der Waals surface area contributed by atoms with Gasteiger partial charge in [0.05, 0.1) is 9.35 Å². The van der Waals surface area contributed by atoms with E-state index in [1.54, 1.807) is 11.3 Å². The van der Waals surface area contributed by atoms with Crippen molar-refractivity contribution >= 4 is 33.2 Å². The smallest absolute Gasteiger partial charge is 0.338 e. The molecule has 1 aromatic rings. The van der Waals surface area contributed by atoms with Gasteiger partial charge in [0.15, 0.2) is 0 Å². The Morgan fingerprint density at radius 2 is 2.20 bits per heavy atom. The first-order valence-corrected chi connectivity index (χ1v) is 6.67. The molecule has 2 unspecified atom stereocenters. The van der Waals surface area contributed by atoms with Crippen molar-refractivity contribution in [3.63, 3.8) is 0 Å². The second-order valence-electron chi connectivity index (χ2n) is 4.20. The molecule has 1 aliphatic rings. The molecule has 1 heterocycles. The summed E-state index contributed by atoms with van der Waals surface area (Å²) in [5, 5.41) is 9.19. The van der Waals surface area contributed by atoms with Gasteiger partial charge in [-0.05, 0) is 46.2 Å². The minimum Gasteiger partial charge on any atom is -0.478 e. The van der Waals surface area contributed by atoms with E-state index in [4.69, 9.17) is 0 Å². The first-order chi connectivity index (χ1) is 7.02. The van der Waals surface area contributed by atoms with Crippen molar-refractivity contribution in [2.45, 2.75) is 32.6 Å². The summed E-state index contributed by atoms with van der Waals surface area (Å²) in [7, 11) is 0. The van der Waals surface area contributed by atoms with E-state index in [1.165, 1.54) is 11.3 Å². The van der Waals surface area contributed by atoms with Crippen LogP contribution in [0.15, 0.2) is 3.79 Å². The Kier molecular flexibility index (Phi) is 2.90. The predicted octanol–water partition coefficient (Wildman–Crippen LogP) is 3.89. The van der Waals surface area contributed by atoms with Crippen LogP contribution in [-0.2, 0) is 6.42 Å². The van der Waals surface area contributed by atoms with Gasteiger partial charge in [-0.2, -0.15) is 0 Å². The number of carboxylic acid groups (broad SMARTS) is 1. The summed E-state index contributed by atoms with van der Waals surface area (Å²) in [5.74, 6) is 0.139. The molecule has 2 atom stereocenters. The van der Waals surface area contributed by atoms with Crippen molar-refractivity contribution < 1.29 is 9.90 Å². The van der Waals surface area contributed by atoms with Gasteiger partial charge >= 0.3 is 5.97 Å². The maximum absolute atomic E-state index is 11.2. The summed E-state index contributed by atoms with van der Waals surface area (Å²) in [5.41, 5.74) is 1.56. The number of rotatable bonds is 1. The molecular weight excluding hydrogens is 276 g/mol. The molecule has 0 aliphatic heterocycles. The van der Waals surface area contributed by atoms with Gasteiger partial charge in [0.2, 0.25) is 0 Å². The summed E-state index contributed by atoms with van der Waals surface area (Å²) in [4.78, 5) is 12.4. The van der Waals surface area contributed by atoms with Crippen molar-refractivity contribution in [1.82, 2.24) is 0 Å². The monoisotopic (exact) mass is 288 g/mol. The second kappa shape index (κ2) is 3.91. The lowest BCUT2D eigenvalue weighted by Gasteiger charge is -2.26. The fourth-order valence-corrected chi connectivity index (χ4v) is 4.32. The third kappa shape index (κ3) is 1.74. The van der Waals surface area contributed by atoms with Crippen LogP contribution in [0.25, 0.3) is 0 Å². The van der Waals surface area contributed by atoms with Crippen molar-refractivity contribution in [3.8, 4) is 0 Å². The number of aryl methyl sites for hydroxylation is 1. The maximum Gasteiger partial charge on any atom is 0.338 e. The third-order valence-electron chi connectivity index (χ3n) is 3.33. The first kappa shape index (κ1) is 11.1. The van der Waals surface area contributed by atoms with Crippen LogP contribution < -0.4 is 0 Å². The highest BCUT2D eigenvalue weighted by Crippen LogP contribution is 2.45. The third-order valence-corrected chi connectivity index (χ3v) is 5.26. The van der Waals surface area contributed by atoms with Crippen molar-refractivity contribution in [1.29, 1.82) is 0 Å². The molecule has 4 heteroatoms. The number of fused-ring (bicyclic) bond motifs is 1.